The molecule has 0 radical (unpaired) electrons. The Morgan fingerprint density at radius 3 is 2.67 bits per heavy atom. The van der Waals surface area contributed by atoms with Crippen LogP contribution in [0.1, 0.15) is 31.9 Å². The van der Waals surface area contributed by atoms with Crippen LogP contribution in [0.4, 0.5) is 4.79 Å². The Hall–Kier alpha value is -1.82. The maximum absolute atomic E-state index is 11.5. The Labute approximate surface area is 126 Å². The van der Waals surface area contributed by atoms with E-state index in [4.69, 9.17) is 15.2 Å². The van der Waals surface area contributed by atoms with Gasteiger partial charge in [-0.1, -0.05) is 0 Å². The molecule has 21 heavy (non-hydrogen) atoms. The van der Waals surface area contributed by atoms with Crippen molar-refractivity contribution in [2.24, 2.45) is 5.73 Å². The molecule has 1 unspecified atom stereocenters. The highest BCUT2D eigenvalue weighted by molar-refractivity contribution is 5.67. The van der Waals surface area contributed by atoms with Crippen molar-refractivity contribution >= 4 is 6.09 Å². The molecule has 0 fully saturated rings. The lowest BCUT2D eigenvalue weighted by atomic mass is 10.1. The van der Waals surface area contributed by atoms with Crippen LogP contribution in [0.2, 0.25) is 0 Å². The highest BCUT2D eigenvalue weighted by Gasteiger charge is 2.16. The van der Waals surface area contributed by atoms with Crippen LogP contribution < -0.4 is 15.8 Å². The molecule has 1 rings (SSSR count). The molecule has 1 aromatic rings. The first-order chi connectivity index (χ1) is 9.71. The summed E-state index contributed by atoms with van der Waals surface area (Å²) in [6.07, 6.45) is 1.90. The Morgan fingerprint density at radius 2 is 2.14 bits per heavy atom. The predicted molar refractivity (Wildman–Crippen MR) is 81.4 cm³/mol. The Morgan fingerprint density at radius 1 is 1.48 bits per heavy atom. The second-order valence-electron chi connectivity index (χ2n) is 6.02. The van der Waals surface area contributed by atoms with E-state index in [9.17, 15) is 4.79 Å². The van der Waals surface area contributed by atoms with Crippen molar-refractivity contribution in [1.29, 1.82) is 0 Å². The number of carbonyl (C=O) groups is 1. The quantitative estimate of drug-likeness (QED) is 0.865. The summed E-state index contributed by atoms with van der Waals surface area (Å²) < 4.78 is 10.3. The van der Waals surface area contributed by atoms with Crippen LogP contribution in [0.25, 0.3) is 0 Å². The topological polar surface area (TPSA) is 86.5 Å². The summed E-state index contributed by atoms with van der Waals surface area (Å²) in [5.74, 6) is 0.610. The lowest BCUT2D eigenvalue weighted by Crippen LogP contribution is -2.41. The largest absolute Gasteiger partial charge is 0.481 e. The predicted octanol–water partition coefficient (Wildman–Crippen LogP) is 1.79. The Bertz CT molecular complexity index is 484. The smallest absolute Gasteiger partial charge is 0.407 e. The normalized spacial score (nSPS) is 12.7. The first kappa shape index (κ1) is 17.2. The highest BCUT2D eigenvalue weighted by atomic mass is 16.6. The van der Waals surface area contributed by atoms with Crippen molar-refractivity contribution in [1.82, 2.24) is 10.3 Å². The fourth-order valence-corrected chi connectivity index (χ4v) is 1.85. The average Bonchev–Trinajstić information content (AvgIpc) is 2.34. The van der Waals surface area contributed by atoms with Gasteiger partial charge in [-0.2, -0.15) is 0 Å². The maximum atomic E-state index is 11.5. The Balaban J connectivity index is 2.45. The number of rotatable bonds is 5. The van der Waals surface area contributed by atoms with Gasteiger partial charge in [0, 0.05) is 24.3 Å². The molecule has 1 aromatic heterocycles. The summed E-state index contributed by atoms with van der Waals surface area (Å²) in [5, 5.41) is 2.67. The van der Waals surface area contributed by atoms with Gasteiger partial charge in [-0.15, -0.1) is 0 Å². The number of aromatic nitrogens is 1. The molecule has 0 aliphatic rings. The number of alkyl carbamates (subject to hydrolysis) is 1. The van der Waals surface area contributed by atoms with E-state index in [2.05, 4.69) is 10.3 Å². The van der Waals surface area contributed by atoms with E-state index in [0.29, 0.717) is 18.8 Å². The van der Waals surface area contributed by atoms with E-state index in [1.807, 2.05) is 33.8 Å². The number of nitrogens with zero attached hydrogens (tertiary/aromatic N) is 1. The van der Waals surface area contributed by atoms with Crippen LogP contribution in [0.5, 0.6) is 5.88 Å². The van der Waals surface area contributed by atoms with Gasteiger partial charge in [-0.3, -0.25) is 0 Å². The molecule has 1 atom stereocenters. The monoisotopic (exact) mass is 295 g/mol. The number of pyridine rings is 1. The first-order valence-corrected chi connectivity index (χ1v) is 6.93. The van der Waals surface area contributed by atoms with Crippen molar-refractivity contribution in [3.05, 3.63) is 23.4 Å². The summed E-state index contributed by atoms with van der Waals surface area (Å²) in [5.41, 5.74) is 7.47. The van der Waals surface area contributed by atoms with E-state index in [1.165, 1.54) is 0 Å². The third kappa shape index (κ3) is 6.44. The zero-order chi connectivity index (χ0) is 16.0. The fraction of sp³-hybridized carbons (Fsp3) is 0.600. The maximum Gasteiger partial charge on any atom is 0.407 e. The molecule has 3 N–H and O–H groups in total. The number of carbonyl (C=O) groups excluding carboxylic acids is 1. The minimum Gasteiger partial charge on any atom is -0.481 e. The van der Waals surface area contributed by atoms with Gasteiger partial charge in [0.2, 0.25) is 5.88 Å². The van der Waals surface area contributed by atoms with Gasteiger partial charge in [-0.05, 0) is 45.7 Å². The summed E-state index contributed by atoms with van der Waals surface area (Å²) >= 11 is 0. The zero-order valence-electron chi connectivity index (χ0n) is 13.4. The number of amides is 1. The number of nitrogens with one attached hydrogen (secondary N) is 1. The highest BCUT2D eigenvalue weighted by Crippen LogP contribution is 2.15. The van der Waals surface area contributed by atoms with Crippen LogP contribution in [-0.4, -0.2) is 36.4 Å². The minimum atomic E-state index is -0.509. The first-order valence-electron chi connectivity index (χ1n) is 6.93. The molecule has 1 heterocycles. The molecule has 1 amide bonds. The van der Waals surface area contributed by atoms with Gasteiger partial charge >= 0.3 is 6.09 Å². The van der Waals surface area contributed by atoms with Gasteiger partial charge in [-0.25, -0.2) is 9.78 Å². The number of nitrogens with two attached hydrogens (primary N) is 1. The molecular formula is C15H25N3O3. The standard InChI is InChI=1S/C15H25N3O3/c1-10-6-11(8-17-13(10)20-5)7-12(16)9-18-14(19)21-15(2,3)4/h6,8,12H,7,9,16H2,1-5H3,(H,18,19). The lowest BCUT2D eigenvalue weighted by Gasteiger charge is -2.20. The molecule has 0 aliphatic carbocycles. The number of hydrogen-bond acceptors (Lipinski definition) is 5. The molecule has 6 nitrogen and oxygen atoms in total. The van der Waals surface area contributed by atoms with Crippen molar-refractivity contribution in [2.75, 3.05) is 13.7 Å². The van der Waals surface area contributed by atoms with Crippen LogP contribution in [0.3, 0.4) is 0 Å². The van der Waals surface area contributed by atoms with Gasteiger partial charge < -0.3 is 20.5 Å². The van der Waals surface area contributed by atoms with Crippen molar-refractivity contribution < 1.29 is 14.3 Å². The van der Waals surface area contributed by atoms with Gasteiger partial charge in [0.05, 0.1) is 7.11 Å². The fourth-order valence-electron chi connectivity index (χ4n) is 1.85. The van der Waals surface area contributed by atoms with Crippen LogP contribution in [0.15, 0.2) is 12.3 Å². The van der Waals surface area contributed by atoms with E-state index >= 15 is 0 Å². The van der Waals surface area contributed by atoms with Crippen LogP contribution in [0, 0.1) is 6.92 Å². The minimum absolute atomic E-state index is 0.202. The summed E-state index contributed by atoms with van der Waals surface area (Å²) in [6, 6.07) is 1.78. The summed E-state index contributed by atoms with van der Waals surface area (Å²) in [4.78, 5) is 15.7. The van der Waals surface area contributed by atoms with Gasteiger partial charge in [0.25, 0.3) is 0 Å². The number of hydrogen-bond donors (Lipinski definition) is 2. The SMILES string of the molecule is COc1ncc(CC(N)CNC(=O)OC(C)(C)C)cc1C. The van der Waals surface area contributed by atoms with Crippen molar-refractivity contribution in [3.8, 4) is 5.88 Å². The van der Waals surface area contributed by atoms with E-state index in [-0.39, 0.29) is 6.04 Å². The van der Waals surface area contributed by atoms with Crippen molar-refractivity contribution in [2.45, 2.75) is 45.8 Å². The molecule has 6 heteroatoms. The summed E-state index contributed by atoms with van der Waals surface area (Å²) in [7, 11) is 1.59. The van der Waals surface area contributed by atoms with Gasteiger partial charge in [0.15, 0.2) is 0 Å². The molecule has 0 aliphatic heterocycles. The molecule has 0 aromatic carbocycles. The van der Waals surface area contributed by atoms with E-state index < -0.39 is 11.7 Å². The third-order valence-electron chi connectivity index (χ3n) is 2.69. The number of aryl methyl sites for hydroxylation is 1. The third-order valence-corrected chi connectivity index (χ3v) is 2.69. The zero-order valence-corrected chi connectivity index (χ0v) is 13.4. The molecule has 0 bridgehead atoms. The van der Waals surface area contributed by atoms with E-state index in [1.54, 1.807) is 13.3 Å². The van der Waals surface area contributed by atoms with E-state index in [0.717, 1.165) is 11.1 Å². The summed E-state index contributed by atoms with van der Waals surface area (Å²) in [6.45, 7) is 7.73. The molecular weight excluding hydrogens is 270 g/mol. The average molecular weight is 295 g/mol. The van der Waals surface area contributed by atoms with Crippen molar-refractivity contribution in [3.63, 3.8) is 0 Å². The second kappa shape index (κ2) is 7.26. The number of methoxy groups -OCH3 is 1. The Kier molecular flexibility index (Phi) is 5.96. The molecule has 0 saturated heterocycles. The van der Waals surface area contributed by atoms with Crippen LogP contribution >= 0.6 is 0 Å². The lowest BCUT2D eigenvalue weighted by molar-refractivity contribution is 0.0524. The van der Waals surface area contributed by atoms with Crippen LogP contribution in [-0.2, 0) is 11.2 Å². The van der Waals surface area contributed by atoms with Gasteiger partial charge in [0.1, 0.15) is 5.60 Å². The molecule has 0 spiro atoms. The molecule has 0 saturated carbocycles. The molecule has 118 valence electrons. The second-order valence-corrected chi connectivity index (χ2v) is 6.02. The number of ether oxygens (including phenoxy) is 2.